The molecule has 2 aromatic rings. The van der Waals surface area contributed by atoms with Crippen molar-refractivity contribution in [1.82, 2.24) is 10.3 Å². The second-order valence-corrected chi connectivity index (χ2v) is 6.43. The Morgan fingerprint density at radius 3 is 2.54 bits per heavy atom. The molecular formula is C20H25N3O3. The largest absolute Gasteiger partial charge is 0.497 e. The monoisotopic (exact) mass is 355 g/mol. The highest BCUT2D eigenvalue weighted by atomic mass is 16.5. The van der Waals surface area contributed by atoms with Gasteiger partial charge in [-0.05, 0) is 37.1 Å². The molecule has 0 unspecified atom stereocenters. The Kier molecular flexibility index (Phi) is 5.94. The van der Waals surface area contributed by atoms with E-state index in [2.05, 4.69) is 15.6 Å². The van der Waals surface area contributed by atoms with Gasteiger partial charge >= 0.3 is 0 Å². The Morgan fingerprint density at radius 1 is 1.08 bits per heavy atom. The summed E-state index contributed by atoms with van der Waals surface area (Å²) in [5.74, 6) is 1.98. The summed E-state index contributed by atoms with van der Waals surface area (Å²) in [4.78, 5) is 16.7. The molecule has 0 spiro atoms. The SMILES string of the molecule is COc1ccc(OC)c(Nc2ccc(C(=O)NC3CCCCC3)cn2)c1. The number of pyridine rings is 1. The van der Waals surface area contributed by atoms with Crippen LogP contribution in [0.25, 0.3) is 0 Å². The zero-order valence-corrected chi connectivity index (χ0v) is 15.2. The molecule has 6 nitrogen and oxygen atoms in total. The van der Waals surface area contributed by atoms with Crippen molar-refractivity contribution < 1.29 is 14.3 Å². The van der Waals surface area contributed by atoms with Crippen LogP contribution in [0, 0.1) is 0 Å². The minimum Gasteiger partial charge on any atom is -0.497 e. The van der Waals surface area contributed by atoms with Gasteiger partial charge in [0.25, 0.3) is 5.91 Å². The number of amides is 1. The number of carbonyl (C=O) groups excluding carboxylic acids is 1. The number of rotatable bonds is 6. The quantitative estimate of drug-likeness (QED) is 0.822. The van der Waals surface area contributed by atoms with E-state index in [4.69, 9.17) is 9.47 Å². The van der Waals surface area contributed by atoms with Crippen LogP contribution < -0.4 is 20.1 Å². The third-order valence-corrected chi connectivity index (χ3v) is 4.64. The number of carbonyl (C=O) groups is 1. The summed E-state index contributed by atoms with van der Waals surface area (Å²) < 4.78 is 10.6. The van der Waals surface area contributed by atoms with Gasteiger partial charge in [0.2, 0.25) is 0 Å². The highest BCUT2D eigenvalue weighted by Gasteiger charge is 2.17. The Bertz CT molecular complexity index is 740. The maximum absolute atomic E-state index is 12.4. The number of nitrogens with one attached hydrogen (secondary N) is 2. The van der Waals surface area contributed by atoms with Crippen molar-refractivity contribution in [2.45, 2.75) is 38.1 Å². The molecule has 3 rings (SSSR count). The Labute approximate surface area is 153 Å². The number of aromatic nitrogens is 1. The molecule has 1 aliphatic carbocycles. The number of nitrogens with zero attached hydrogens (tertiary/aromatic N) is 1. The molecule has 0 bridgehead atoms. The zero-order chi connectivity index (χ0) is 18.4. The minimum atomic E-state index is -0.0603. The molecule has 26 heavy (non-hydrogen) atoms. The first-order valence-corrected chi connectivity index (χ1v) is 8.95. The molecule has 1 saturated carbocycles. The van der Waals surface area contributed by atoms with Crippen LogP contribution in [-0.4, -0.2) is 31.2 Å². The third kappa shape index (κ3) is 4.45. The lowest BCUT2D eigenvalue weighted by Gasteiger charge is -2.22. The Hall–Kier alpha value is -2.76. The van der Waals surface area contributed by atoms with Crippen molar-refractivity contribution in [3.8, 4) is 11.5 Å². The number of hydrogen-bond acceptors (Lipinski definition) is 5. The molecule has 1 aromatic carbocycles. The molecule has 0 saturated heterocycles. The molecule has 138 valence electrons. The molecule has 0 aliphatic heterocycles. The van der Waals surface area contributed by atoms with E-state index >= 15 is 0 Å². The smallest absolute Gasteiger partial charge is 0.253 e. The van der Waals surface area contributed by atoms with Crippen LogP contribution in [0.5, 0.6) is 11.5 Å². The number of hydrogen-bond donors (Lipinski definition) is 2. The molecule has 1 fully saturated rings. The first-order chi connectivity index (χ1) is 12.7. The van der Waals surface area contributed by atoms with Crippen LogP contribution in [-0.2, 0) is 0 Å². The van der Waals surface area contributed by atoms with Crippen molar-refractivity contribution >= 4 is 17.4 Å². The van der Waals surface area contributed by atoms with E-state index in [1.165, 1.54) is 19.3 Å². The molecule has 6 heteroatoms. The van der Waals surface area contributed by atoms with Gasteiger partial charge in [-0.2, -0.15) is 0 Å². The molecule has 0 radical (unpaired) electrons. The van der Waals surface area contributed by atoms with Crippen LogP contribution in [0.3, 0.4) is 0 Å². The topological polar surface area (TPSA) is 72.5 Å². The van der Waals surface area contributed by atoms with Crippen LogP contribution in [0.1, 0.15) is 42.5 Å². The van der Waals surface area contributed by atoms with Gasteiger partial charge in [-0.25, -0.2) is 4.98 Å². The molecular weight excluding hydrogens is 330 g/mol. The molecule has 1 aromatic heterocycles. The summed E-state index contributed by atoms with van der Waals surface area (Å²) >= 11 is 0. The second kappa shape index (κ2) is 8.56. The van der Waals surface area contributed by atoms with E-state index in [1.807, 2.05) is 18.2 Å². The lowest BCUT2D eigenvalue weighted by atomic mass is 9.95. The number of ether oxygens (including phenoxy) is 2. The van der Waals surface area contributed by atoms with Gasteiger partial charge < -0.3 is 20.1 Å². The molecule has 2 N–H and O–H groups in total. The summed E-state index contributed by atoms with van der Waals surface area (Å²) in [7, 11) is 3.22. The van der Waals surface area contributed by atoms with Crippen LogP contribution in [0.2, 0.25) is 0 Å². The summed E-state index contributed by atoms with van der Waals surface area (Å²) in [5.41, 5.74) is 1.32. The highest BCUT2D eigenvalue weighted by Crippen LogP contribution is 2.31. The van der Waals surface area contributed by atoms with E-state index in [9.17, 15) is 4.79 Å². The van der Waals surface area contributed by atoms with Gasteiger partial charge in [0.05, 0.1) is 25.5 Å². The van der Waals surface area contributed by atoms with Crippen LogP contribution in [0.4, 0.5) is 11.5 Å². The normalized spacial score (nSPS) is 14.5. The van der Waals surface area contributed by atoms with E-state index in [0.29, 0.717) is 17.1 Å². The van der Waals surface area contributed by atoms with E-state index < -0.39 is 0 Å². The third-order valence-electron chi connectivity index (χ3n) is 4.64. The summed E-state index contributed by atoms with van der Waals surface area (Å²) in [6.45, 7) is 0. The Balaban J connectivity index is 1.66. The van der Waals surface area contributed by atoms with Crippen LogP contribution >= 0.6 is 0 Å². The number of benzene rings is 1. The maximum atomic E-state index is 12.4. The number of anilines is 2. The van der Waals surface area contributed by atoms with Gasteiger partial charge in [-0.1, -0.05) is 19.3 Å². The van der Waals surface area contributed by atoms with E-state index in [0.717, 1.165) is 24.3 Å². The standard InChI is InChI=1S/C20H25N3O3/c1-25-16-9-10-18(26-2)17(12-16)23-19-11-8-14(13-21-19)20(24)22-15-6-4-3-5-7-15/h8-13,15H,3-7H2,1-2H3,(H,21,23)(H,22,24). The van der Waals surface area contributed by atoms with E-state index in [1.54, 1.807) is 32.5 Å². The van der Waals surface area contributed by atoms with Crippen molar-refractivity contribution in [3.05, 3.63) is 42.1 Å². The molecule has 1 heterocycles. The fraction of sp³-hybridized carbons (Fsp3) is 0.400. The lowest BCUT2D eigenvalue weighted by Crippen LogP contribution is -2.36. The fourth-order valence-corrected chi connectivity index (χ4v) is 3.17. The Morgan fingerprint density at radius 2 is 1.88 bits per heavy atom. The fourth-order valence-electron chi connectivity index (χ4n) is 3.17. The summed E-state index contributed by atoms with van der Waals surface area (Å²) in [6, 6.07) is 9.35. The zero-order valence-electron chi connectivity index (χ0n) is 15.2. The van der Waals surface area contributed by atoms with Gasteiger partial charge in [-0.15, -0.1) is 0 Å². The van der Waals surface area contributed by atoms with Crippen molar-refractivity contribution in [3.63, 3.8) is 0 Å². The van der Waals surface area contributed by atoms with Crippen molar-refractivity contribution in [2.75, 3.05) is 19.5 Å². The van der Waals surface area contributed by atoms with E-state index in [-0.39, 0.29) is 11.9 Å². The average molecular weight is 355 g/mol. The maximum Gasteiger partial charge on any atom is 0.253 e. The molecule has 1 amide bonds. The highest BCUT2D eigenvalue weighted by molar-refractivity contribution is 5.94. The second-order valence-electron chi connectivity index (χ2n) is 6.43. The first-order valence-electron chi connectivity index (χ1n) is 8.95. The summed E-state index contributed by atoms with van der Waals surface area (Å²) in [5, 5.41) is 6.30. The van der Waals surface area contributed by atoms with Crippen LogP contribution in [0.15, 0.2) is 36.5 Å². The van der Waals surface area contributed by atoms with Gasteiger partial charge in [0, 0.05) is 18.3 Å². The minimum absolute atomic E-state index is 0.0603. The van der Waals surface area contributed by atoms with Gasteiger partial charge in [0.1, 0.15) is 17.3 Å². The van der Waals surface area contributed by atoms with Gasteiger partial charge in [0.15, 0.2) is 0 Å². The van der Waals surface area contributed by atoms with Gasteiger partial charge in [-0.3, -0.25) is 4.79 Å². The lowest BCUT2D eigenvalue weighted by molar-refractivity contribution is 0.0927. The first kappa shape index (κ1) is 18.0. The predicted octanol–water partition coefficient (Wildman–Crippen LogP) is 3.90. The summed E-state index contributed by atoms with van der Waals surface area (Å²) in [6.07, 6.45) is 7.36. The van der Waals surface area contributed by atoms with Crippen molar-refractivity contribution in [2.24, 2.45) is 0 Å². The number of methoxy groups -OCH3 is 2. The predicted molar refractivity (Wildman–Crippen MR) is 101 cm³/mol. The molecule has 1 aliphatic rings. The average Bonchev–Trinajstić information content (AvgIpc) is 2.69. The van der Waals surface area contributed by atoms with Crippen molar-refractivity contribution in [1.29, 1.82) is 0 Å². The molecule has 0 atom stereocenters.